The molecular weight excluding hydrogens is 356 g/mol. The van der Waals surface area contributed by atoms with Gasteiger partial charge >= 0.3 is 5.97 Å². The number of carbonyl (C=O) groups excluding carboxylic acids is 2. The predicted octanol–water partition coefficient (Wildman–Crippen LogP) is 1.38. The Kier molecular flexibility index (Phi) is 6.77. The normalized spacial score (nSPS) is 17.8. The number of benzene rings is 1. The first kappa shape index (κ1) is 20.4. The molecule has 1 fully saturated rings. The van der Waals surface area contributed by atoms with Crippen molar-refractivity contribution >= 4 is 21.9 Å². The molecule has 1 saturated heterocycles. The zero-order valence-corrected chi connectivity index (χ0v) is 16.3. The molecule has 7 nitrogen and oxygen atoms in total. The van der Waals surface area contributed by atoms with Crippen LogP contribution in [0.4, 0.5) is 0 Å². The van der Waals surface area contributed by atoms with E-state index in [9.17, 15) is 18.0 Å². The number of sulfonamides is 1. The first-order valence-electron chi connectivity index (χ1n) is 8.69. The molecule has 0 radical (unpaired) electrons. The fourth-order valence-electron chi connectivity index (χ4n) is 2.82. The first-order chi connectivity index (χ1) is 12.2. The van der Waals surface area contributed by atoms with Crippen LogP contribution in [0.1, 0.15) is 30.9 Å². The van der Waals surface area contributed by atoms with E-state index in [1.54, 1.807) is 17.0 Å². The van der Waals surface area contributed by atoms with Crippen molar-refractivity contribution in [2.45, 2.75) is 38.5 Å². The number of ether oxygens (including phenoxy) is 1. The monoisotopic (exact) mass is 382 g/mol. The zero-order chi connectivity index (χ0) is 19.3. The molecule has 144 valence electrons. The second kappa shape index (κ2) is 8.64. The Morgan fingerprint density at radius 1 is 1.27 bits per heavy atom. The summed E-state index contributed by atoms with van der Waals surface area (Å²) in [4.78, 5) is 25.6. The highest BCUT2D eigenvalue weighted by Gasteiger charge is 2.22. The summed E-state index contributed by atoms with van der Waals surface area (Å²) >= 11 is 0. The highest BCUT2D eigenvalue weighted by atomic mass is 32.2. The Bertz CT molecular complexity index is 776. The van der Waals surface area contributed by atoms with E-state index in [4.69, 9.17) is 4.74 Å². The number of nitrogens with one attached hydrogen (secondary N) is 1. The van der Waals surface area contributed by atoms with E-state index in [-0.39, 0.29) is 17.4 Å². The van der Waals surface area contributed by atoms with Crippen molar-refractivity contribution in [3.05, 3.63) is 29.3 Å². The van der Waals surface area contributed by atoms with E-state index >= 15 is 0 Å². The molecule has 1 amide bonds. The van der Waals surface area contributed by atoms with Crippen LogP contribution in [-0.4, -0.2) is 51.4 Å². The Labute approximate surface area is 154 Å². The number of esters is 1. The summed E-state index contributed by atoms with van der Waals surface area (Å²) < 4.78 is 31.6. The van der Waals surface area contributed by atoms with Crippen LogP contribution in [0.15, 0.2) is 23.1 Å². The average molecular weight is 382 g/mol. The van der Waals surface area contributed by atoms with E-state index in [1.165, 1.54) is 6.07 Å². The molecule has 26 heavy (non-hydrogen) atoms. The van der Waals surface area contributed by atoms with Gasteiger partial charge in [-0.1, -0.05) is 13.0 Å². The maximum absolute atomic E-state index is 12.2. The maximum atomic E-state index is 12.2. The van der Waals surface area contributed by atoms with E-state index in [0.29, 0.717) is 19.0 Å². The highest BCUT2D eigenvalue weighted by molar-refractivity contribution is 7.89. The molecule has 0 unspecified atom stereocenters. The molecule has 1 aliphatic rings. The molecule has 0 aliphatic carbocycles. The van der Waals surface area contributed by atoms with Gasteiger partial charge in [-0.25, -0.2) is 8.42 Å². The van der Waals surface area contributed by atoms with E-state index in [2.05, 4.69) is 11.6 Å². The smallest absolute Gasteiger partial charge is 0.321 e. The summed E-state index contributed by atoms with van der Waals surface area (Å²) in [5.41, 5.74) is 1.82. The lowest BCUT2D eigenvalue weighted by atomic mass is 10.0. The second-order valence-electron chi connectivity index (χ2n) is 6.82. The Hall–Kier alpha value is -1.93. The number of hydrogen-bond acceptors (Lipinski definition) is 5. The van der Waals surface area contributed by atoms with Crippen LogP contribution in [0, 0.1) is 19.8 Å². The minimum Gasteiger partial charge on any atom is -0.455 e. The van der Waals surface area contributed by atoms with Gasteiger partial charge in [-0.2, -0.15) is 4.72 Å². The van der Waals surface area contributed by atoms with Gasteiger partial charge in [0.05, 0.1) is 4.90 Å². The number of hydrogen-bond donors (Lipinski definition) is 1. The van der Waals surface area contributed by atoms with Crippen LogP contribution in [-0.2, 0) is 24.3 Å². The molecule has 8 heteroatoms. The molecule has 1 aliphatic heterocycles. The van der Waals surface area contributed by atoms with Crippen molar-refractivity contribution < 1.29 is 22.7 Å². The van der Waals surface area contributed by atoms with Crippen molar-refractivity contribution in [2.75, 3.05) is 26.2 Å². The van der Waals surface area contributed by atoms with Crippen LogP contribution in [0.5, 0.6) is 0 Å². The third-order valence-corrected chi connectivity index (χ3v) is 5.96. The summed E-state index contributed by atoms with van der Waals surface area (Å²) in [6, 6.07) is 4.74. The number of carbonyl (C=O) groups is 2. The van der Waals surface area contributed by atoms with Gasteiger partial charge in [0.15, 0.2) is 6.61 Å². The predicted molar refractivity (Wildman–Crippen MR) is 97.0 cm³/mol. The van der Waals surface area contributed by atoms with E-state index < -0.39 is 22.5 Å². The number of amides is 1. The molecule has 1 atom stereocenters. The second-order valence-corrected chi connectivity index (χ2v) is 8.59. The Balaban J connectivity index is 1.82. The lowest BCUT2D eigenvalue weighted by Crippen LogP contribution is -2.42. The molecule has 0 saturated carbocycles. The molecule has 1 heterocycles. The molecule has 1 aromatic carbocycles. The summed E-state index contributed by atoms with van der Waals surface area (Å²) in [7, 11) is -3.81. The van der Waals surface area contributed by atoms with E-state index in [0.717, 1.165) is 24.0 Å². The van der Waals surface area contributed by atoms with Crippen molar-refractivity contribution in [1.29, 1.82) is 0 Å². The zero-order valence-electron chi connectivity index (χ0n) is 15.4. The van der Waals surface area contributed by atoms with Crippen LogP contribution < -0.4 is 4.72 Å². The maximum Gasteiger partial charge on any atom is 0.321 e. The minimum absolute atomic E-state index is 0.0896. The van der Waals surface area contributed by atoms with Gasteiger partial charge in [0.2, 0.25) is 10.0 Å². The molecule has 0 spiro atoms. The third kappa shape index (κ3) is 5.54. The molecule has 1 N–H and O–H groups in total. The van der Waals surface area contributed by atoms with Crippen LogP contribution in [0.3, 0.4) is 0 Å². The van der Waals surface area contributed by atoms with Crippen LogP contribution in [0.2, 0.25) is 0 Å². The van der Waals surface area contributed by atoms with Crippen LogP contribution >= 0.6 is 0 Å². The quantitative estimate of drug-likeness (QED) is 0.751. The molecular formula is C18H26N2O5S. The number of rotatable bonds is 6. The average Bonchev–Trinajstić information content (AvgIpc) is 2.60. The van der Waals surface area contributed by atoms with E-state index in [1.807, 2.05) is 13.8 Å². The van der Waals surface area contributed by atoms with Crippen LogP contribution in [0.25, 0.3) is 0 Å². The number of nitrogens with zero attached hydrogens (tertiary/aromatic N) is 1. The highest BCUT2D eigenvalue weighted by Crippen LogP contribution is 2.16. The lowest BCUT2D eigenvalue weighted by molar-refractivity contribution is -0.151. The third-order valence-electron chi connectivity index (χ3n) is 4.56. The standard InChI is InChI=1S/C18H26N2O5S/c1-13-5-4-8-20(11-13)17(21)12-25-18(22)10-19-26(23,24)16-7-6-14(2)15(3)9-16/h6-7,9,13,19H,4-5,8,10-12H2,1-3H3/t13-/m1/s1. The fraction of sp³-hybridized carbons (Fsp3) is 0.556. The summed E-state index contributed by atoms with van der Waals surface area (Å²) in [6.07, 6.45) is 2.03. The van der Waals surface area contributed by atoms with Crippen molar-refractivity contribution in [2.24, 2.45) is 5.92 Å². The van der Waals surface area contributed by atoms with Gasteiger partial charge in [-0.05, 0) is 55.9 Å². The van der Waals surface area contributed by atoms with Crippen molar-refractivity contribution in [1.82, 2.24) is 9.62 Å². The fourth-order valence-corrected chi connectivity index (χ4v) is 3.87. The number of aryl methyl sites for hydroxylation is 2. The number of likely N-dealkylation sites (tertiary alicyclic amines) is 1. The molecule has 2 rings (SSSR count). The largest absolute Gasteiger partial charge is 0.455 e. The van der Waals surface area contributed by atoms with Gasteiger partial charge in [-0.3, -0.25) is 9.59 Å². The Morgan fingerprint density at radius 3 is 2.65 bits per heavy atom. The molecule has 0 bridgehead atoms. The number of piperidine rings is 1. The van der Waals surface area contributed by atoms with Crippen molar-refractivity contribution in [3.63, 3.8) is 0 Å². The van der Waals surface area contributed by atoms with Gasteiger partial charge in [-0.15, -0.1) is 0 Å². The van der Waals surface area contributed by atoms with Crippen molar-refractivity contribution in [3.8, 4) is 0 Å². The summed E-state index contributed by atoms with van der Waals surface area (Å²) in [5.74, 6) is -0.592. The Morgan fingerprint density at radius 2 is 2.00 bits per heavy atom. The SMILES string of the molecule is Cc1ccc(S(=O)(=O)NCC(=O)OCC(=O)N2CCC[C@@H](C)C2)cc1C. The van der Waals surface area contributed by atoms with Gasteiger partial charge in [0.1, 0.15) is 6.54 Å². The molecule has 0 aromatic heterocycles. The molecule has 1 aromatic rings. The van der Waals surface area contributed by atoms with Gasteiger partial charge in [0, 0.05) is 13.1 Å². The summed E-state index contributed by atoms with van der Waals surface area (Å²) in [5, 5.41) is 0. The minimum atomic E-state index is -3.81. The van der Waals surface area contributed by atoms with Gasteiger partial charge in [0.25, 0.3) is 5.91 Å². The summed E-state index contributed by atoms with van der Waals surface area (Å²) in [6.45, 7) is 6.23. The van der Waals surface area contributed by atoms with Gasteiger partial charge < -0.3 is 9.64 Å². The topological polar surface area (TPSA) is 92.8 Å². The lowest BCUT2D eigenvalue weighted by Gasteiger charge is -2.30. The first-order valence-corrected chi connectivity index (χ1v) is 10.2.